The van der Waals surface area contributed by atoms with Crippen LogP contribution in [0, 0.1) is 12.8 Å². The fourth-order valence-corrected chi connectivity index (χ4v) is 1.24. The topological polar surface area (TPSA) is 53.5 Å². The molecule has 0 aliphatic carbocycles. The van der Waals surface area contributed by atoms with Gasteiger partial charge in [0.05, 0.1) is 6.54 Å². The molecule has 2 N–H and O–H groups in total. The second-order valence-electron chi connectivity index (χ2n) is 4.23. The highest BCUT2D eigenvalue weighted by Crippen LogP contribution is 2.12. The van der Waals surface area contributed by atoms with Crippen molar-refractivity contribution in [3.05, 3.63) is 29.8 Å². The molecule has 4 heteroatoms. The van der Waals surface area contributed by atoms with E-state index < -0.39 is 0 Å². The van der Waals surface area contributed by atoms with Gasteiger partial charge >= 0.3 is 0 Å². The van der Waals surface area contributed by atoms with Crippen LogP contribution in [0.25, 0.3) is 0 Å². The minimum Gasteiger partial charge on any atom is -0.376 e. The van der Waals surface area contributed by atoms with E-state index >= 15 is 0 Å². The number of benzene rings is 1. The van der Waals surface area contributed by atoms with Gasteiger partial charge in [-0.15, -0.1) is 0 Å². The Balaban J connectivity index is 2.36. The Labute approximate surface area is 102 Å². The van der Waals surface area contributed by atoms with E-state index in [2.05, 4.69) is 15.8 Å². The summed E-state index contributed by atoms with van der Waals surface area (Å²) in [5, 5.41) is 6.91. The highest BCUT2D eigenvalue weighted by Gasteiger charge is 2.00. The van der Waals surface area contributed by atoms with Crippen LogP contribution in [0.4, 0.5) is 5.69 Å². The first kappa shape index (κ1) is 13.2. The Hall–Kier alpha value is -1.84. The Morgan fingerprint density at radius 1 is 1.41 bits per heavy atom. The molecule has 0 heterocycles. The molecule has 4 nitrogen and oxygen atoms in total. The van der Waals surface area contributed by atoms with E-state index in [4.69, 9.17) is 0 Å². The van der Waals surface area contributed by atoms with Crippen LogP contribution in [0.15, 0.2) is 29.4 Å². The Bertz CT molecular complexity index is 399. The summed E-state index contributed by atoms with van der Waals surface area (Å²) in [5.41, 5.74) is 4.56. The van der Waals surface area contributed by atoms with E-state index in [1.165, 1.54) is 0 Å². The monoisotopic (exact) mass is 233 g/mol. The Kier molecular flexibility index (Phi) is 5.20. The number of hydrazone groups is 1. The summed E-state index contributed by atoms with van der Waals surface area (Å²) in [6, 6.07) is 7.84. The smallest absolute Gasteiger partial charge is 0.259 e. The molecule has 1 rings (SSSR count). The average molecular weight is 233 g/mol. The molecule has 0 saturated carbocycles. The number of aryl methyl sites for hydroxylation is 1. The van der Waals surface area contributed by atoms with Crippen molar-refractivity contribution in [2.24, 2.45) is 11.0 Å². The van der Waals surface area contributed by atoms with Gasteiger partial charge < -0.3 is 5.32 Å². The van der Waals surface area contributed by atoms with Gasteiger partial charge in [-0.3, -0.25) is 4.79 Å². The van der Waals surface area contributed by atoms with Gasteiger partial charge in [0, 0.05) is 11.9 Å². The van der Waals surface area contributed by atoms with Gasteiger partial charge in [0.25, 0.3) is 5.91 Å². The van der Waals surface area contributed by atoms with Crippen LogP contribution in [-0.4, -0.2) is 18.7 Å². The summed E-state index contributed by atoms with van der Waals surface area (Å²) in [7, 11) is 0. The summed E-state index contributed by atoms with van der Waals surface area (Å²) < 4.78 is 0. The summed E-state index contributed by atoms with van der Waals surface area (Å²) in [5.74, 6) is 0.185. The molecule has 0 radical (unpaired) electrons. The third-order valence-electron chi connectivity index (χ3n) is 2.15. The first-order valence-electron chi connectivity index (χ1n) is 5.71. The van der Waals surface area contributed by atoms with E-state index in [-0.39, 0.29) is 12.5 Å². The van der Waals surface area contributed by atoms with Crippen LogP contribution >= 0.6 is 0 Å². The van der Waals surface area contributed by atoms with Gasteiger partial charge in [0.1, 0.15) is 0 Å². The normalized spacial score (nSPS) is 10.8. The lowest BCUT2D eigenvalue weighted by atomic mass is 10.2. The minimum absolute atomic E-state index is 0.148. The molecule has 0 aromatic heterocycles. The molecule has 1 aromatic carbocycles. The quantitative estimate of drug-likeness (QED) is 0.605. The van der Waals surface area contributed by atoms with Gasteiger partial charge in [-0.1, -0.05) is 32.0 Å². The molecule has 0 atom stereocenters. The maximum atomic E-state index is 11.4. The van der Waals surface area contributed by atoms with Crippen LogP contribution in [-0.2, 0) is 4.79 Å². The van der Waals surface area contributed by atoms with Crippen molar-refractivity contribution in [2.75, 3.05) is 11.9 Å². The van der Waals surface area contributed by atoms with Gasteiger partial charge in [0.15, 0.2) is 0 Å². The van der Waals surface area contributed by atoms with Gasteiger partial charge in [-0.25, -0.2) is 5.43 Å². The van der Waals surface area contributed by atoms with Crippen molar-refractivity contribution in [3.8, 4) is 0 Å². The highest BCUT2D eigenvalue weighted by molar-refractivity contribution is 5.81. The molecule has 0 aliphatic heterocycles. The molecule has 1 aromatic rings. The number of amides is 1. The SMILES string of the molecule is Cc1ccccc1NCC(=O)NN=CC(C)C. The van der Waals surface area contributed by atoms with Crippen molar-refractivity contribution in [2.45, 2.75) is 20.8 Å². The predicted molar refractivity (Wildman–Crippen MR) is 71.1 cm³/mol. The second kappa shape index (κ2) is 6.68. The molecular formula is C13H19N3O. The van der Waals surface area contributed by atoms with Gasteiger partial charge in [0.2, 0.25) is 0 Å². The van der Waals surface area contributed by atoms with Crippen LogP contribution in [0.5, 0.6) is 0 Å². The Morgan fingerprint density at radius 2 is 2.12 bits per heavy atom. The maximum Gasteiger partial charge on any atom is 0.259 e. The fraction of sp³-hybridized carbons (Fsp3) is 0.385. The molecule has 17 heavy (non-hydrogen) atoms. The Morgan fingerprint density at radius 3 is 2.76 bits per heavy atom. The average Bonchev–Trinajstić information content (AvgIpc) is 2.27. The zero-order valence-electron chi connectivity index (χ0n) is 10.5. The largest absolute Gasteiger partial charge is 0.376 e. The summed E-state index contributed by atoms with van der Waals surface area (Å²) in [6.45, 7) is 6.22. The summed E-state index contributed by atoms with van der Waals surface area (Å²) >= 11 is 0. The van der Waals surface area contributed by atoms with E-state index in [0.717, 1.165) is 11.3 Å². The number of anilines is 1. The zero-order valence-corrected chi connectivity index (χ0v) is 10.5. The minimum atomic E-state index is -0.148. The highest BCUT2D eigenvalue weighted by atomic mass is 16.2. The van der Waals surface area contributed by atoms with Crippen LogP contribution < -0.4 is 10.7 Å². The third-order valence-corrected chi connectivity index (χ3v) is 2.15. The number of nitrogens with zero attached hydrogens (tertiary/aromatic N) is 1. The van der Waals surface area contributed by atoms with Crippen molar-refractivity contribution in [1.29, 1.82) is 0 Å². The zero-order chi connectivity index (χ0) is 12.7. The number of nitrogens with one attached hydrogen (secondary N) is 2. The molecule has 0 bridgehead atoms. The summed E-state index contributed by atoms with van der Waals surface area (Å²) in [6.07, 6.45) is 1.70. The number of carbonyl (C=O) groups excluding carboxylic acids is 1. The fourth-order valence-electron chi connectivity index (χ4n) is 1.24. The van der Waals surface area contributed by atoms with Crippen molar-refractivity contribution >= 4 is 17.8 Å². The number of hydrogen-bond acceptors (Lipinski definition) is 3. The van der Waals surface area contributed by atoms with Gasteiger partial charge in [-0.05, 0) is 24.5 Å². The second-order valence-corrected chi connectivity index (χ2v) is 4.23. The van der Waals surface area contributed by atoms with E-state index in [1.807, 2.05) is 45.0 Å². The third kappa shape index (κ3) is 5.15. The van der Waals surface area contributed by atoms with Crippen LogP contribution in [0.3, 0.4) is 0 Å². The number of para-hydroxylation sites is 1. The molecule has 0 spiro atoms. The van der Waals surface area contributed by atoms with Crippen LogP contribution in [0.1, 0.15) is 19.4 Å². The molecule has 1 amide bonds. The van der Waals surface area contributed by atoms with E-state index in [0.29, 0.717) is 5.92 Å². The van der Waals surface area contributed by atoms with Gasteiger partial charge in [-0.2, -0.15) is 5.10 Å². The van der Waals surface area contributed by atoms with Crippen molar-refractivity contribution in [1.82, 2.24) is 5.43 Å². The standard InChI is InChI=1S/C13H19N3O/c1-10(2)8-15-16-13(17)9-14-12-7-5-4-6-11(12)3/h4-8,10,14H,9H2,1-3H3,(H,16,17). The molecular weight excluding hydrogens is 214 g/mol. The van der Waals surface area contributed by atoms with Crippen LogP contribution in [0.2, 0.25) is 0 Å². The number of rotatable bonds is 5. The number of carbonyl (C=O) groups is 1. The molecule has 92 valence electrons. The van der Waals surface area contributed by atoms with E-state index in [1.54, 1.807) is 6.21 Å². The van der Waals surface area contributed by atoms with E-state index in [9.17, 15) is 4.79 Å². The molecule has 0 fully saturated rings. The van der Waals surface area contributed by atoms with Crippen molar-refractivity contribution in [3.63, 3.8) is 0 Å². The number of hydrogen-bond donors (Lipinski definition) is 2. The first-order chi connectivity index (χ1) is 8.09. The lowest BCUT2D eigenvalue weighted by molar-refractivity contribution is -0.119. The van der Waals surface area contributed by atoms with Crippen molar-refractivity contribution < 1.29 is 4.79 Å². The lowest BCUT2D eigenvalue weighted by Gasteiger charge is -2.07. The molecule has 0 unspecified atom stereocenters. The molecule has 0 saturated heterocycles. The maximum absolute atomic E-state index is 11.4. The summed E-state index contributed by atoms with van der Waals surface area (Å²) in [4.78, 5) is 11.4. The lowest BCUT2D eigenvalue weighted by Crippen LogP contribution is -2.26. The molecule has 0 aliphatic rings. The first-order valence-corrected chi connectivity index (χ1v) is 5.71. The predicted octanol–water partition coefficient (Wildman–Crippen LogP) is 2.16.